The molecule has 11 heteroatoms. The Morgan fingerprint density at radius 1 is 1.52 bits per heavy atom. The lowest BCUT2D eigenvalue weighted by Crippen LogP contribution is -2.41. The minimum absolute atomic E-state index is 0.0181. The summed E-state index contributed by atoms with van der Waals surface area (Å²) in [6, 6.07) is 1.87. The summed E-state index contributed by atoms with van der Waals surface area (Å²) in [6.07, 6.45) is 0. The highest BCUT2D eigenvalue weighted by molar-refractivity contribution is 8.00. The summed E-state index contributed by atoms with van der Waals surface area (Å²) in [4.78, 5) is 20.7. The number of sulfonamides is 1. The van der Waals surface area contributed by atoms with Gasteiger partial charge in [-0.05, 0) is 12.1 Å². The van der Waals surface area contributed by atoms with E-state index < -0.39 is 32.6 Å². The Morgan fingerprint density at radius 3 is 2.76 bits per heavy atom. The molecule has 1 aliphatic rings. The molecule has 0 aromatic heterocycles. The van der Waals surface area contributed by atoms with Gasteiger partial charge in [0.15, 0.2) is 0 Å². The molecule has 0 radical (unpaired) electrons. The zero-order valence-corrected chi connectivity index (χ0v) is 12.7. The number of carboxylic acid groups (broad SMARTS) is 1. The van der Waals surface area contributed by atoms with Crippen LogP contribution in [-0.4, -0.2) is 46.4 Å². The molecule has 1 aromatic rings. The number of carboxylic acids is 1. The summed E-state index contributed by atoms with van der Waals surface area (Å²) in [5.74, 6) is -1.15. The van der Waals surface area contributed by atoms with Gasteiger partial charge in [0.25, 0.3) is 5.69 Å². The summed E-state index contributed by atoms with van der Waals surface area (Å²) in [7, 11) is -4.14. The van der Waals surface area contributed by atoms with E-state index in [9.17, 15) is 23.3 Å². The number of rotatable bonds is 4. The van der Waals surface area contributed by atoms with Crippen molar-refractivity contribution in [3.8, 4) is 0 Å². The molecule has 8 nitrogen and oxygen atoms in total. The fourth-order valence-electron chi connectivity index (χ4n) is 1.79. The molecule has 1 atom stereocenters. The summed E-state index contributed by atoms with van der Waals surface area (Å²) in [5.41, 5.74) is -0.545. The maximum Gasteiger partial charge on any atom is 0.322 e. The van der Waals surface area contributed by atoms with Gasteiger partial charge < -0.3 is 5.11 Å². The van der Waals surface area contributed by atoms with Crippen molar-refractivity contribution in [3.05, 3.63) is 33.3 Å². The third-order valence-corrected chi connectivity index (χ3v) is 6.19. The van der Waals surface area contributed by atoms with Crippen molar-refractivity contribution in [1.29, 1.82) is 0 Å². The van der Waals surface area contributed by atoms with Crippen molar-refractivity contribution < 1.29 is 23.2 Å². The molecule has 1 heterocycles. The molecule has 0 bridgehead atoms. The molecule has 1 aromatic carbocycles. The molecular weight excluding hydrogens is 344 g/mol. The van der Waals surface area contributed by atoms with Crippen LogP contribution in [0.15, 0.2) is 23.1 Å². The van der Waals surface area contributed by atoms with Crippen molar-refractivity contribution in [2.45, 2.75) is 10.9 Å². The average molecular weight is 353 g/mol. The number of hydrogen-bond donors (Lipinski definition) is 1. The fraction of sp³-hybridized carbons (Fsp3) is 0.300. The molecule has 114 valence electrons. The summed E-state index contributed by atoms with van der Waals surface area (Å²) in [6.45, 7) is 0. The van der Waals surface area contributed by atoms with E-state index in [0.29, 0.717) is 0 Å². The van der Waals surface area contributed by atoms with Crippen LogP contribution in [0.5, 0.6) is 0 Å². The van der Waals surface area contributed by atoms with Crippen molar-refractivity contribution >= 4 is 45.0 Å². The lowest BCUT2D eigenvalue weighted by Gasteiger charge is -2.19. The first kappa shape index (κ1) is 16.0. The number of nitrogens with zero attached hydrogens (tertiary/aromatic N) is 2. The molecule has 0 saturated carbocycles. The van der Waals surface area contributed by atoms with Gasteiger partial charge in [-0.3, -0.25) is 14.9 Å². The van der Waals surface area contributed by atoms with E-state index in [1.165, 1.54) is 0 Å². The standard InChI is InChI=1S/C10H9ClN2O6S2/c11-7-2-1-6(3-8(7)13(16)17)21(18,19)12-5-20-4-9(12)10(14)15/h1-3,9H,4-5H2,(H,14,15)/t9-/m0/s1. The zero-order chi connectivity index (χ0) is 15.8. The fourth-order valence-corrected chi connectivity index (χ4v) is 5.13. The summed E-state index contributed by atoms with van der Waals surface area (Å²) >= 11 is 6.79. The minimum atomic E-state index is -4.14. The molecule has 0 aliphatic carbocycles. The van der Waals surface area contributed by atoms with E-state index >= 15 is 0 Å². The number of halogens is 1. The smallest absolute Gasteiger partial charge is 0.322 e. The van der Waals surface area contributed by atoms with Crippen LogP contribution in [-0.2, 0) is 14.8 Å². The Labute approximate surface area is 128 Å². The van der Waals surface area contributed by atoms with E-state index in [-0.39, 0.29) is 21.5 Å². The lowest BCUT2D eigenvalue weighted by atomic mass is 10.3. The summed E-state index contributed by atoms with van der Waals surface area (Å²) in [5, 5.41) is 19.7. The largest absolute Gasteiger partial charge is 0.480 e. The van der Waals surface area contributed by atoms with Crippen LogP contribution in [0.1, 0.15) is 0 Å². The van der Waals surface area contributed by atoms with E-state index in [1.807, 2.05) is 0 Å². The van der Waals surface area contributed by atoms with Gasteiger partial charge in [-0.1, -0.05) is 11.6 Å². The number of thioether (sulfide) groups is 1. The Balaban J connectivity index is 2.47. The van der Waals surface area contributed by atoms with Gasteiger partial charge in [-0.25, -0.2) is 8.42 Å². The van der Waals surface area contributed by atoms with Crippen LogP contribution in [0.4, 0.5) is 5.69 Å². The quantitative estimate of drug-likeness (QED) is 0.642. The molecule has 2 rings (SSSR count). The molecule has 21 heavy (non-hydrogen) atoms. The number of nitro benzene ring substituents is 1. The van der Waals surface area contributed by atoms with Gasteiger partial charge in [0.2, 0.25) is 10.0 Å². The van der Waals surface area contributed by atoms with Crippen LogP contribution >= 0.6 is 23.4 Å². The van der Waals surface area contributed by atoms with Crippen LogP contribution in [0.3, 0.4) is 0 Å². The first-order valence-electron chi connectivity index (χ1n) is 5.51. The van der Waals surface area contributed by atoms with Gasteiger partial charge >= 0.3 is 5.97 Å². The Bertz CT molecular complexity index is 707. The number of carbonyl (C=O) groups is 1. The molecule has 0 amide bonds. The van der Waals surface area contributed by atoms with Crippen LogP contribution in [0, 0.1) is 10.1 Å². The number of nitro groups is 1. The molecular formula is C10H9ClN2O6S2. The highest BCUT2D eigenvalue weighted by atomic mass is 35.5. The van der Waals surface area contributed by atoms with Gasteiger partial charge in [0.05, 0.1) is 15.7 Å². The molecule has 1 saturated heterocycles. The second-order valence-electron chi connectivity index (χ2n) is 4.12. The van der Waals surface area contributed by atoms with Crippen molar-refractivity contribution in [3.63, 3.8) is 0 Å². The molecule has 1 aliphatic heterocycles. The van der Waals surface area contributed by atoms with Gasteiger partial charge in [0, 0.05) is 11.8 Å². The highest BCUT2D eigenvalue weighted by Crippen LogP contribution is 2.32. The number of hydrogen-bond acceptors (Lipinski definition) is 6. The van der Waals surface area contributed by atoms with Crippen LogP contribution in [0.2, 0.25) is 5.02 Å². The van der Waals surface area contributed by atoms with Gasteiger partial charge in [0.1, 0.15) is 11.1 Å². The Hall–Kier alpha value is -1.36. The van der Waals surface area contributed by atoms with Crippen LogP contribution < -0.4 is 0 Å². The lowest BCUT2D eigenvalue weighted by molar-refractivity contribution is -0.384. The number of benzene rings is 1. The SMILES string of the molecule is O=C(O)[C@@H]1CSCN1S(=O)(=O)c1ccc(Cl)c([N+](=O)[O-])c1. The normalized spacial score (nSPS) is 19.6. The third-order valence-electron chi connectivity index (χ3n) is 2.85. The average Bonchev–Trinajstić information content (AvgIpc) is 2.88. The maximum atomic E-state index is 12.4. The maximum absolute atomic E-state index is 12.4. The molecule has 0 unspecified atom stereocenters. The van der Waals surface area contributed by atoms with E-state index in [4.69, 9.17) is 16.7 Å². The molecule has 1 N–H and O–H groups in total. The first-order valence-corrected chi connectivity index (χ1v) is 8.48. The van der Waals surface area contributed by atoms with Crippen LogP contribution in [0.25, 0.3) is 0 Å². The molecule has 1 fully saturated rings. The second-order valence-corrected chi connectivity index (χ2v) is 7.41. The highest BCUT2D eigenvalue weighted by Gasteiger charge is 2.40. The second kappa shape index (κ2) is 5.79. The Kier molecular flexibility index (Phi) is 4.42. The van der Waals surface area contributed by atoms with E-state index in [2.05, 4.69) is 0 Å². The van der Waals surface area contributed by atoms with E-state index in [0.717, 1.165) is 34.3 Å². The van der Waals surface area contributed by atoms with E-state index in [1.54, 1.807) is 0 Å². The predicted molar refractivity (Wildman–Crippen MR) is 75.9 cm³/mol. The van der Waals surface area contributed by atoms with Gasteiger partial charge in [-0.15, -0.1) is 11.8 Å². The third kappa shape index (κ3) is 2.98. The minimum Gasteiger partial charge on any atom is -0.480 e. The first-order chi connectivity index (χ1) is 9.75. The Morgan fingerprint density at radius 2 is 2.19 bits per heavy atom. The topological polar surface area (TPSA) is 118 Å². The monoisotopic (exact) mass is 352 g/mol. The predicted octanol–water partition coefficient (Wildman–Crippen LogP) is 1.40. The zero-order valence-electron chi connectivity index (χ0n) is 10.3. The van der Waals surface area contributed by atoms with Crippen molar-refractivity contribution in [2.75, 3.05) is 11.6 Å². The van der Waals surface area contributed by atoms with Crippen molar-refractivity contribution in [1.82, 2.24) is 4.31 Å². The molecule has 0 spiro atoms. The summed E-state index contributed by atoms with van der Waals surface area (Å²) < 4.78 is 25.7. The van der Waals surface area contributed by atoms with Gasteiger partial charge in [-0.2, -0.15) is 4.31 Å². The van der Waals surface area contributed by atoms with Crippen molar-refractivity contribution in [2.24, 2.45) is 0 Å². The number of aliphatic carboxylic acids is 1.